The van der Waals surface area contributed by atoms with Crippen LogP contribution in [0.3, 0.4) is 0 Å². The fourth-order valence-corrected chi connectivity index (χ4v) is 4.58. The van der Waals surface area contributed by atoms with Crippen LogP contribution >= 0.6 is 11.6 Å². The topological polar surface area (TPSA) is 74.5 Å². The van der Waals surface area contributed by atoms with Crippen molar-refractivity contribution in [1.29, 1.82) is 0 Å². The van der Waals surface area contributed by atoms with E-state index in [2.05, 4.69) is 17.6 Å². The molecular weight excluding hydrogens is 328 g/mol. The number of allylic oxidation sites excluding steroid dienone is 2. The summed E-state index contributed by atoms with van der Waals surface area (Å²) in [7, 11) is 0. The zero-order chi connectivity index (χ0) is 16.6. The SMILES string of the molecule is O=C(Nn1c(O)c2c(c1O)C1C=CC2C2CC12)c1ccccc1Cl. The van der Waals surface area contributed by atoms with Crippen molar-refractivity contribution in [2.24, 2.45) is 11.8 Å². The molecule has 0 spiro atoms. The van der Waals surface area contributed by atoms with E-state index >= 15 is 0 Å². The van der Waals surface area contributed by atoms with Gasteiger partial charge in [0.05, 0.1) is 10.6 Å². The Balaban J connectivity index is 1.55. The van der Waals surface area contributed by atoms with Crippen LogP contribution in [0.4, 0.5) is 0 Å². The summed E-state index contributed by atoms with van der Waals surface area (Å²) in [6.45, 7) is 0. The third-order valence-corrected chi connectivity index (χ3v) is 5.86. The second-order valence-corrected chi connectivity index (χ2v) is 7.14. The number of carbonyl (C=O) groups is 1. The van der Waals surface area contributed by atoms with Crippen LogP contribution in [0.5, 0.6) is 11.8 Å². The van der Waals surface area contributed by atoms with E-state index in [9.17, 15) is 15.0 Å². The second kappa shape index (κ2) is 4.57. The molecule has 3 N–H and O–H groups in total. The van der Waals surface area contributed by atoms with Crippen LogP contribution in [0, 0.1) is 11.8 Å². The van der Waals surface area contributed by atoms with Crippen molar-refractivity contribution in [3.05, 3.63) is 58.1 Å². The zero-order valence-electron chi connectivity index (χ0n) is 12.6. The number of nitrogens with zero attached hydrogens (tertiary/aromatic N) is 1. The minimum atomic E-state index is -0.482. The number of hydrogen-bond acceptors (Lipinski definition) is 3. The summed E-state index contributed by atoms with van der Waals surface area (Å²) in [5, 5.41) is 21.5. The zero-order valence-corrected chi connectivity index (χ0v) is 13.4. The molecule has 1 aromatic heterocycles. The minimum Gasteiger partial charge on any atom is -0.493 e. The van der Waals surface area contributed by atoms with Crippen LogP contribution in [0.2, 0.25) is 5.02 Å². The summed E-state index contributed by atoms with van der Waals surface area (Å²) in [6.07, 6.45) is 5.35. The van der Waals surface area contributed by atoms with Gasteiger partial charge in [-0.2, -0.15) is 4.68 Å². The molecule has 1 fully saturated rings. The van der Waals surface area contributed by atoms with Gasteiger partial charge in [0, 0.05) is 23.0 Å². The monoisotopic (exact) mass is 342 g/mol. The number of rotatable bonds is 2. The van der Waals surface area contributed by atoms with Crippen molar-refractivity contribution in [2.45, 2.75) is 18.3 Å². The molecule has 5 nitrogen and oxygen atoms in total. The summed E-state index contributed by atoms with van der Waals surface area (Å²) in [6, 6.07) is 6.65. The van der Waals surface area contributed by atoms with Gasteiger partial charge in [-0.15, -0.1) is 0 Å². The van der Waals surface area contributed by atoms with Gasteiger partial charge in [0.1, 0.15) is 0 Å². The summed E-state index contributed by atoms with van der Waals surface area (Å²) in [5.41, 5.74) is 4.34. The van der Waals surface area contributed by atoms with Gasteiger partial charge in [-0.1, -0.05) is 35.9 Å². The first-order valence-electron chi connectivity index (χ1n) is 7.98. The average Bonchev–Trinajstić information content (AvgIpc) is 3.36. The number of amides is 1. The van der Waals surface area contributed by atoms with Crippen molar-refractivity contribution in [1.82, 2.24) is 4.68 Å². The normalized spacial score (nSPS) is 28.4. The quantitative estimate of drug-likeness (QED) is 0.733. The van der Waals surface area contributed by atoms with E-state index in [0.717, 1.165) is 22.2 Å². The largest absolute Gasteiger partial charge is 0.493 e. The van der Waals surface area contributed by atoms with E-state index in [1.807, 2.05) is 0 Å². The molecule has 4 unspecified atom stereocenters. The molecule has 1 saturated carbocycles. The molecule has 4 aliphatic rings. The van der Waals surface area contributed by atoms with Gasteiger partial charge < -0.3 is 10.2 Å². The van der Waals surface area contributed by atoms with Crippen molar-refractivity contribution in [2.75, 3.05) is 5.43 Å². The molecular formula is C18H15ClN2O3. The van der Waals surface area contributed by atoms with Gasteiger partial charge in [-0.3, -0.25) is 10.2 Å². The Hall–Kier alpha value is -2.40. The summed E-state index contributed by atoms with van der Waals surface area (Å²) < 4.78 is 1.08. The van der Waals surface area contributed by atoms with E-state index in [0.29, 0.717) is 16.9 Å². The molecule has 2 aromatic rings. The van der Waals surface area contributed by atoms with Gasteiger partial charge >= 0.3 is 0 Å². The van der Waals surface area contributed by atoms with Crippen LogP contribution in [-0.4, -0.2) is 20.8 Å². The van der Waals surface area contributed by atoms with Crippen LogP contribution in [0.15, 0.2) is 36.4 Å². The Morgan fingerprint density at radius 2 is 1.67 bits per heavy atom. The maximum atomic E-state index is 12.4. The first-order chi connectivity index (χ1) is 11.6. The molecule has 0 aliphatic heterocycles. The van der Waals surface area contributed by atoms with Crippen LogP contribution in [-0.2, 0) is 0 Å². The third kappa shape index (κ3) is 1.68. The number of halogens is 1. The molecule has 1 amide bonds. The summed E-state index contributed by atoms with van der Waals surface area (Å²) in [4.78, 5) is 12.4. The Morgan fingerprint density at radius 1 is 1.08 bits per heavy atom. The number of aromatic hydroxyl groups is 2. The van der Waals surface area contributed by atoms with Gasteiger partial charge in [-0.25, -0.2) is 0 Å². The number of hydrogen-bond donors (Lipinski definition) is 3. The molecule has 6 heteroatoms. The van der Waals surface area contributed by atoms with Crippen LogP contribution in [0.25, 0.3) is 0 Å². The van der Waals surface area contributed by atoms with E-state index in [1.54, 1.807) is 24.3 Å². The molecule has 6 rings (SSSR count). The first kappa shape index (κ1) is 14.0. The highest BCUT2D eigenvalue weighted by atomic mass is 35.5. The molecule has 1 heterocycles. The highest BCUT2D eigenvalue weighted by Crippen LogP contribution is 2.67. The van der Waals surface area contributed by atoms with Gasteiger partial charge in [0.15, 0.2) is 0 Å². The fraction of sp³-hybridized carbons (Fsp3) is 0.278. The third-order valence-electron chi connectivity index (χ3n) is 5.53. The maximum absolute atomic E-state index is 12.4. The Kier molecular flexibility index (Phi) is 2.66. The molecule has 24 heavy (non-hydrogen) atoms. The van der Waals surface area contributed by atoms with Crippen molar-refractivity contribution in [3.63, 3.8) is 0 Å². The van der Waals surface area contributed by atoms with Gasteiger partial charge in [-0.05, 0) is 30.4 Å². The van der Waals surface area contributed by atoms with Gasteiger partial charge in [0.2, 0.25) is 11.8 Å². The predicted octanol–water partition coefficient (Wildman–Crippen LogP) is 3.32. The standard InChI is InChI=1S/C18H15ClN2O3/c19-13-4-2-1-3-10(13)16(22)20-21-17(23)14-8-5-6-9(12-7-11(8)12)15(14)18(21)24/h1-6,8-9,11-12,23-24H,7H2,(H,20,22). The average molecular weight is 343 g/mol. The predicted molar refractivity (Wildman–Crippen MR) is 89.1 cm³/mol. The molecule has 2 bridgehead atoms. The van der Waals surface area contributed by atoms with E-state index in [1.165, 1.54) is 0 Å². The van der Waals surface area contributed by atoms with Crippen molar-refractivity contribution < 1.29 is 15.0 Å². The van der Waals surface area contributed by atoms with Crippen LogP contribution < -0.4 is 5.43 Å². The molecule has 0 saturated heterocycles. The minimum absolute atomic E-state index is 0.0902. The maximum Gasteiger partial charge on any atom is 0.271 e. The Morgan fingerprint density at radius 3 is 2.25 bits per heavy atom. The number of nitrogens with one attached hydrogen (secondary N) is 1. The summed E-state index contributed by atoms with van der Waals surface area (Å²) in [5.74, 6) is 0.684. The first-order valence-corrected chi connectivity index (χ1v) is 8.36. The highest BCUT2D eigenvalue weighted by Gasteiger charge is 2.57. The van der Waals surface area contributed by atoms with Gasteiger partial charge in [0.25, 0.3) is 5.91 Å². The lowest BCUT2D eigenvalue weighted by molar-refractivity contribution is 0.100. The lowest BCUT2D eigenvalue weighted by Gasteiger charge is -2.29. The van der Waals surface area contributed by atoms with Crippen molar-refractivity contribution in [3.8, 4) is 11.8 Å². The number of aromatic nitrogens is 1. The number of benzene rings is 1. The Bertz CT molecular complexity index is 876. The lowest BCUT2D eigenvalue weighted by Crippen LogP contribution is -2.22. The lowest BCUT2D eigenvalue weighted by atomic mass is 9.73. The second-order valence-electron chi connectivity index (χ2n) is 6.73. The fourth-order valence-electron chi connectivity index (χ4n) is 4.36. The molecule has 4 atom stereocenters. The molecule has 1 aromatic carbocycles. The Labute approximate surface area is 143 Å². The van der Waals surface area contributed by atoms with E-state index in [4.69, 9.17) is 11.6 Å². The number of carbonyl (C=O) groups excluding carboxylic acids is 1. The van der Waals surface area contributed by atoms with E-state index in [-0.39, 0.29) is 29.2 Å². The highest BCUT2D eigenvalue weighted by molar-refractivity contribution is 6.34. The molecule has 4 aliphatic carbocycles. The summed E-state index contributed by atoms with van der Waals surface area (Å²) >= 11 is 6.04. The smallest absolute Gasteiger partial charge is 0.271 e. The van der Waals surface area contributed by atoms with Crippen molar-refractivity contribution >= 4 is 17.5 Å². The molecule has 0 radical (unpaired) electrons. The van der Waals surface area contributed by atoms with E-state index < -0.39 is 5.91 Å². The van der Waals surface area contributed by atoms with Crippen LogP contribution in [0.1, 0.15) is 39.7 Å². The molecule has 122 valence electrons.